The van der Waals surface area contributed by atoms with E-state index >= 15 is 0 Å². The van der Waals surface area contributed by atoms with Crippen molar-refractivity contribution in [3.63, 3.8) is 0 Å². The van der Waals surface area contributed by atoms with Crippen LogP contribution in [0.15, 0.2) is 78.9 Å². The highest BCUT2D eigenvalue weighted by molar-refractivity contribution is 5.74. The van der Waals surface area contributed by atoms with Crippen molar-refractivity contribution in [3.8, 4) is 23.0 Å². The monoisotopic (exact) mass is 524 g/mol. The first-order valence-electron chi connectivity index (χ1n) is 12.5. The molecule has 1 aliphatic heterocycles. The van der Waals surface area contributed by atoms with Crippen LogP contribution in [-0.2, 0) is 19.0 Å². The first-order chi connectivity index (χ1) is 18.7. The summed E-state index contributed by atoms with van der Waals surface area (Å²) in [6.45, 7) is 2.09. The molecular weight excluding hydrogens is 492 g/mol. The van der Waals surface area contributed by atoms with Gasteiger partial charge in [-0.25, -0.2) is 4.79 Å². The molecule has 0 bridgehead atoms. The van der Waals surface area contributed by atoms with Crippen molar-refractivity contribution in [2.75, 3.05) is 52.9 Å². The Bertz CT molecular complexity index is 1070. The number of carboxylic acid groups (broad SMARTS) is 1. The lowest BCUT2D eigenvalue weighted by molar-refractivity contribution is -0.152. The molecule has 3 aromatic rings. The van der Waals surface area contributed by atoms with Crippen molar-refractivity contribution in [2.24, 2.45) is 0 Å². The van der Waals surface area contributed by atoms with Crippen molar-refractivity contribution < 1.29 is 43.1 Å². The van der Waals surface area contributed by atoms with Crippen molar-refractivity contribution in [2.45, 2.75) is 12.2 Å². The van der Waals surface area contributed by atoms with Crippen molar-refractivity contribution in [1.29, 1.82) is 0 Å². The highest BCUT2D eigenvalue weighted by atomic mass is 16.6. The second-order valence-electron chi connectivity index (χ2n) is 8.32. The Labute approximate surface area is 221 Å². The van der Waals surface area contributed by atoms with Gasteiger partial charge in [-0.1, -0.05) is 54.6 Å². The van der Waals surface area contributed by atoms with Crippen LogP contribution in [0, 0.1) is 0 Å². The van der Waals surface area contributed by atoms with E-state index in [0.717, 1.165) is 0 Å². The molecule has 202 valence electrons. The minimum atomic E-state index is -1.08. The summed E-state index contributed by atoms with van der Waals surface area (Å²) in [6, 6.07) is 23.6. The van der Waals surface area contributed by atoms with Gasteiger partial charge in [-0.05, 0) is 29.8 Å². The zero-order valence-corrected chi connectivity index (χ0v) is 21.0. The van der Waals surface area contributed by atoms with Crippen LogP contribution in [0.5, 0.6) is 23.0 Å². The van der Waals surface area contributed by atoms with Gasteiger partial charge in [0.05, 0.1) is 26.4 Å². The molecule has 1 unspecified atom stereocenters. The van der Waals surface area contributed by atoms with Gasteiger partial charge in [-0.3, -0.25) is 0 Å². The molecule has 1 heterocycles. The fourth-order valence-electron chi connectivity index (χ4n) is 3.73. The van der Waals surface area contributed by atoms with E-state index in [1.165, 1.54) is 0 Å². The van der Waals surface area contributed by atoms with Crippen molar-refractivity contribution in [1.82, 2.24) is 0 Å². The number of hydrogen-bond acceptors (Lipinski definition) is 8. The number of para-hydroxylation sites is 4. The molecule has 0 amide bonds. The summed E-state index contributed by atoms with van der Waals surface area (Å²) in [7, 11) is 0. The summed E-state index contributed by atoms with van der Waals surface area (Å²) in [6.07, 6.45) is -1.57. The minimum Gasteiger partial charge on any atom is -0.487 e. The third-order valence-electron chi connectivity index (χ3n) is 5.57. The quantitative estimate of drug-likeness (QED) is 0.457. The molecule has 1 atom stereocenters. The Morgan fingerprint density at radius 1 is 0.711 bits per heavy atom. The first-order valence-corrected chi connectivity index (χ1v) is 12.5. The van der Waals surface area contributed by atoms with Crippen LogP contribution in [0.25, 0.3) is 0 Å². The predicted octanol–water partition coefficient (Wildman–Crippen LogP) is 4.16. The molecule has 38 heavy (non-hydrogen) atoms. The number of carboxylic acids is 1. The van der Waals surface area contributed by atoms with Gasteiger partial charge in [-0.2, -0.15) is 0 Å². The van der Waals surface area contributed by atoms with Crippen LogP contribution >= 0.6 is 0 Å². The molecule has 0 spiro atoms. The Morgan fingerprint density at radius 3 is 1.74 bits per heavy atom. The van der Waals surface area contributed by atoms with Crippen LogP contribution in [0.2, 0.25) is 0 Å². The van der Waals surface area contributed by atoms with Crippen LogP contribution in [0.1, 0.15) is 11.7 Å². The van der Waals surface area contributed by atoms with Gasteiger partial charge in [0.15, 0.2) is 29.1 Å². The van der Waals surface area contributed by atoms with E-state index in [2.05, 4.69) is 0 Å². The number of ether oxygens (including phenoxy) is 7. The second kappa shape index (κ2) is 14.8. The summed E-state index contributed by atoms with van der Waals surface area (Å²) >= 11 is 0. The average molecular weight is 525 g/mol. The van der Waals surface area contributed by atoms with E-state index in [1.807, 2.05) is 54.6 Å². The smallest absolute Gasteiger partial charge is 0.337 e. The lowest BCUT2D eigenvalue weighted by atomic mass is 10.1. The topological polar surface area (TPSA) is 102 Å². The minimum absolute atomic E-state index is 0.0712. The molecule has 0 saturated carbocycles. The van der Waals surface area contributed by atoms with E-state index in [-0.39, 0.29) is 26.4 Å². The number of fused-ring (bicyclic) bond motifs is 2. The maximum Gasteiger partial charge on any atom is 0.337 e. The van der Waals surface area contributed by atoms with Crippen LogP contribution in [-0.4, -0.2) is 70.0 Å². The molecule has 9 nitrogen and oxygen atoms in total. The maximum absolute atomic E-state index is 11.7. The molecule has 3 aromatic carbocycles. The second-order valence-corrected chi connectivity index (χ2v) is 8.32. The van der Waals surface area contributed by atoms with E-state index < -0.39 is 18.2 Å². The summed E-state index contributed by atoms with van der Waals surface area (Å²) in [5.74, 6) is 1.28. The molecule has 0 radical (unpaired) electrons. The summed E-state index contributed by atoms with van der Waals surface area (Å²) in [5, 5.41) is 9.58. The number of benzene rings is 3. The van der Waals surface area contributed by atoms with Crippen molar-refractivity contribution >= 4 is 5.97 Å². The molecule has 4 rings (SSSR count). The molecule has 1 aliphatic rings. The Balaban J connectivity index is 1.41. The van der Waals surface area contributed by atoms with Crippen LogP contribution < -0.4 is 18.9 Å². The normalized spacial score (nSPS) is 15.9. The van der Waals surface area contributed by atoms with Gasteiger partial charge in [0.25, 0.3) is 0 Å². The Kier molecular flexibility index (Phi) is 10.6. The first kappa shape index (κ1) is 27.3. The SMILES string of the molecule is O=C(O)C(OCCOC1COc2ccccc2OCCOCCOc2ccccc2OC1)c1ccccc1. The predicted molar refractivity (Wildman–Crippen MR) is 138 cm³/mol. The Morgan fingerprint density at radius 2 is 1.21 bits per heavy atom. The highest BCUT2D eigenvalue weighted by Gasteiger charge is 2.21. The van der Waals surface area contributed by atoms with Crippen LogP contribution in [0.3, 0.4) is 0 Å². The van der Waals surface area contributed by atoms with Gasteiger partial charge in [0.1, 0.15) is 32.5 Å². The van der Waals surface area contributed by atoms with E-state index in [9.17, 15) is 9.90 Å². The van der Waals surface area contributed by atoms with Gasteiger partial charge in [-0.15, -0.1) is 0 Å². The molecule has 0 fully saturated rings. The average Bonchev–Trinajstić information content (AvgIpc) is 2.94. The molecular formula is C29H32O9. The number of aliphatic carboxylic acids is 1. The van der Waals surface area contributed by atoms with E-state index in [0.29, 0.717) is 55.0 Å². The number of carbonyl (C=O) groups is 1. The third kappa shape index (κ3) is 8.37. The number of hydrogen-bond donors (Lipinski definition) is 1. The standard InChI is InChI=1S/C29H32O9/c30-29(31)28(22-8-2-1-3-9-22)36-19-18-33-23-20-37-26-12-6-4-10-24(26)34-16-14-32-15-17-35-25-11-5-7-13-27(25)38-21-23/h1-13,23,28H,14-21H2,(H,30,31). The highest BCUT2D eigenvalue weighted by Crippen LogP contribution is 2.28. The van der Waals surface area contributed by atoms with Gasteiger partial charge >= 0.3 is 5.97 Å². The number of rotatable bonds is 7. The molecule has 0 saturated heterocycles. The fraction of sp³-hybridized carbons (Fsp3) is 0.345. The molecule has 9 heteroatoms. The lowest BCUT2D eigenvalue weighted by Gasteiger charge is -2.22. The van der Waals surface area contributed by atoms with Gasteiger partial charge in [0, 0.05) is 0 Å². The van der Waals surface area contributed by atoms with E-state index in [4.69, 9.17) is 33.2 Å². The summed E-state index contributed by atoms with van der Waals surface area (Å²) < 4.78 is 41.0. The van der Waals surface area contributed by atoms with E-state index in [1.54, 1.807) is 24.3 Å². The maximum atomic E-state index is 11.7. The fourth-order valence-corrected chi connectivity index (χ4v) is 3.73. The third-order valence-corrected chi connectivity index (χ3v) is 5.57. The molecule has 0 aliphatic carbocycles. The molecule has 0 aromatic heterocycles. The Hall–Kier alpha value is -3.79. The van der Waals surface area contributed by atoms with Crippen molar-refractivity contribution in [3.05, 3.63) is 84.4 Å². The van der Waals surface area contributed by atoms with Gasteiger partial charge in [0.2, 0.25) is 0 Å². The molecule has 1 N–H and O–H groups in total. The summed E-state index contributed by atoms with van der Waals surface area (Å²) in [4.78, 5) is 11.7. The zero-order valence-electron chi connectivity index (χ0n) is 21.0. The van der Waals surface area contributed by atoms with Crippen LogP contribution in [0.4, 0.5) is 0 Å². The lowest BCUT2D eigenvalue weighted by Crippen LogP contribution is -2.30. The zero-order chi connectivity index (χ0) is 26.4. The largest absolute Gasteiger partial charge is 0.487 e. The summed E-state index contributed by atoms with van der Waals surface area (Å²) in [5.41, 5.74) is 0.565. The van der Waals surface area contributed by atoms with Gasteiger partial charge < -0.3 is 38.3 Å².